The fourth-order valence-corrected chi connectivity index (χ4v) is 1.79. The second-order valence-corrected chi connectivity index (χ2v) is 4.78. The molecule has 0 amide bonds. The Morgan fingerprint density at radius 3 is 2.44 bits per heavy atom. The number of unbranched alkanes of at least 4 members (excludes halogenated alkanes) is 3. The summed E-state index contributed by atoms with van der Waals surface area (Å²) in [6.07, 6.45) is 6.13. The number of hydrogen-bond acceptors (Lipinski definition) is 3. The normalized spacial score (nSPS) is 18.4. The third kappa shape index (κ3) is 4.81. The molecule has 0 radical (unpaired) electrons. The highest BCUT2D eigenvalue weighted by Crippen LogP contribution is 2.31. The minimum absolute atomic E-state index is 0.283. The fourth-order valence-electron chi connectivity index (χ4n) is 1.79. The Bertz CT molecular complexity index is 161. The van der Waals surface area contributed by atoms with Crippen LogP contribution in [0.2, 0.25) is 0 Å². The van der Waals surface area contributed by atoms with E-state index < -0.39 is 0 Å². The molecular formula is C13H26O3. The molecule has 0 N–H and O–H groups in total. The minimum Gasteiger partial charge on any atom is -0.380 e. The van der Waals surface area contributed by atoms with Gasteiger partial charge in [-0.1, -0.05) is 33.1 Å². The molecule has 0 atom stereocenters. The molecule has 1 aliphatic heterocycles. The molecule has 0 aromatic heterocycles. The van der Waals surface area contributed by atoms with Gasteiger partial charge in [-0.05, 0) is 12.8 Å². The maximum Gasteiger partial charge on any atom is 0.146 e. The lowest BCUT2D eigenvalue weighted by Crippen LogP contribution is -2.45. The zero-order chi connectivity index (χ0) is 11.7. The summed E-state index contributed by atoms with van der Waals surface area (Å²) in [5.41, 5.74) is 0.283. The van der Waals surface area contributed by atoms with Crippen molar-refractivity contribution in [1.82, 2.24) is 0 Å². The molecule has 0 saturated carbocycles. The molecule has 1 saturated heterocycles. The lowest BCUT2D eigenvalue weighted by molar-refractivity contribution is -0.173. The second-order valence-electron chi connectivity index (χ2n) is 4.78. The Hall–Kier alpha value is -0.120. The smallest absolute Gasteiger partial charge is 0.146 e. The van der Waals surface area contributed by atoms with E-state index in [0.717, 1.165) is 39.3 Å². The quantitative estimate of drug-likeness (QED) is 0.426. The van der Waals surface area contributed by atoms with E-state index in [0.29, 0.717) is 6.79 Å². The molecule has 3 nitrogen and oxygen atoms in total. The van der Waals surface area contributed by atoms with Gasteiger partial charge in [-0.15, -0.1) is 0 Å². The predicted molar refractivity (Wildman–Crippen MR) is 64.5 cm³/mol. The molecule has 96 valence electrons. The number of hydrogen-bond donors (Lipinski definition) is 0. The largest absolute Gasteiger partial charge is 0.380 e. The van der Waals surface area contributed by atoms with Gasteiger partial charge in [0, 0.05) is 12.0 Å². The van der Waals surface area contributed by atoms with Crippen LogP contribution in [-0.2, 0) is 14.2 Å². The SMILES string of the molecule is CCCCCCOCOCC1(CC)COC1. The van der Waals surface area contributed by atoms with Crippen LogP contribution in [0.1, 0.15) is 46.0 Å². The molecule has 0 aromatic carbocycles. The number of rotatable bonds is 10. The van der Waals surface area contributed by atoms with E-state index in [-0.39, 0.29) is 5.41 Å². The van der Waals surface area contributed by atoms with E-state index >= 15 is 0 Å². The summed E-state index contributed by atoms with van der Waals surface area (Å²) in [6, 6.07) is 0. The van der Waals surface area contributed by atoms with E-state index in [9.17, 15) is 0 Å². The zero-order valence-corrected chi connectivity index (χ0v) is 10.8. The minimum atomic E-state index is 0.283. The van der Waals surface area contributed by atoms with Gasteiger partial charge in [-0.3, -0.25) is 0 Å². The predicted octanol–water partition coefficient (Wildman–Crippen LogP) is 2.98. The zero-order valence-electron chi connectivity index (χ0n) is 10.8. The van der Waals surface area contributed by atoms with Crippen molar-refractivity contribution in [2.24, 2.45) is 5.41 Å². The van der Waals surface area contributed by atoms with Gasteiger partial charge in [-0.25, -0.2) is 0 Å². The van der Waals surface area contributed by atoms with Gasteiger partial charge in [0.05, 0.1) is 19.8 Å². The van der Waals surface area contributed by atoms with Gasteiger partial charge in [0.25, 0.3) is 0 Å². The number of ether oxygens (including phenoxy) is 3. The van der Waals surface area contributed by atoms with E-state index in [1.165, 1.54) is 19.3 Å². The van der Waals surface area contributed by atoms with Crippen LogP contribution in [0.4, 0.5) is 0 Å². The molecule has 16 heavy (non-hydrogen) atoms. The molecule has 0 spiro atoms. The lowest BCUT2D eigenvalue weighted by atomic mass is 9.84. The topological polar surface area (TPSA) is 27.7 Å². The molecule has 1 rings (SSSR count). The van der Waals surface area contributed by atoms with Gasteiger partial charge in [0.2, 0.25) is 0 Å². The van der Waals surface area contributed by atoms with E-state index in [2.05, 4.69) is 13.8 Å². The summed E-state index contributed by atoms with van der Waals surface area (Å²) >= 11 is 0. The van der Waals surface area contributed by atoms with E-state index in [1.54, 1.807) is 0 Å². The summed E-state index contributed by atoms with van der Waals surface area (Å²) in [4.78, 5) is 0. The Balaban J connectivity index is 1.84. The first-order chi connectivity index (χ1) is 7.83. The van der Waals surface area contributed by atoms with Crippen molar-refractivity contribution < 1.29 is 14.2 Å². The monoisotopic (exact) mass is 230 g/mol. The van der Waals surface area contributed by atoms with Crippen LogP contribution < -0.4 is 0 Å². The van der Waals surface area contributed by atoms with Crippen molar-refractivity contribution in [3.8, 4) is 0 Å². The van der Waals surface area contributed by atoms with Crippen molar-refractivity contribution in [2.45, 2.75) is 46.0 Å². The molecule has 1 fully saturated rings. The molecule has 0 aliphatic carbocycles. The van der Waals surface area contributed by atoms with E-state index in [1.807, 2.05) is 0 Å². The standard InChI is InChI=1S/C13H26O3/c1-3-5-6-7-8-14-12-16-11-13(4-2)9-15-10-13/h3-12H2,1-2H3. The van der Waals surface area contributed by atoms with Crippen LogP contribution in [0.25, 0.3) is 0 Å². The Labute approximate surface area is 99.5 Å². The van der Waals surface area contributed by atoms with Crippen LogP contribution in [0.5, 0.6) is 0 Å². The van der Waals surface area contributed by atoms with Crippen LogP contribution in [0.15, 0.2) is 0 Å². The average molecular weight is 230 g/mol. The van der Waals surface area contributed by atoms with Gasteiger partial charge in [0.15, 0.2) is 0 Å². The molecule has 0 bridgehead atoms. The van der Waals surface area contributed by atoms with Crippen molar-refractivity contribution in [3.05, 3.63) is 0 Å². The molecule has 0 unspecified atom stereocenters. The Kier molecular flexibility index (Phi) is 7.01. The summed E-state index contributed by atoms with van der Waals surface area (Å²) < 4.78 is 16.2. The molecule has 3 heteroatoms. The van der Waals surface area contributed by atoms with Crippen molar-refractivity contribution in [1.29, 1.82) is 0 Å². The molecule has 1 heterocycles. The molecule has 1 aliphatic rings. The summed E-state index contributed by atoms with van der Waals surface area (Å²) in [5, 5.41) is 0. The average Bonchev–Trinajstić information content (AvgIpc) is 2.25. The lowest BCUT2D eigenvalue weighted by Gasteiger charge is -2.40. The van der Waals surface area contributed by atoms with Gasteiger partial charge in [0.1, 0.15) is 6.79 Å². The Morgan fingerprint density at radius 1 is 1.06 bits per heavy atom. The van der Waals surface area contributed by atoms with Crippen molar-refractivity contribution >= 4 is 0 Å². The summed E-state index contributed by atoms with van der Waals surface area (Å²) in [5.74, 6) is 0. The maximum atomic E-state index is 5.54. The van der Waals surface area contributed by atoms with Crippen LogP contribution in [0, 0.1) is 5.41 Å². The molecule has 0 aromatic rings. The highest BCUT2D eigenvalue weighted by Gasteiger charge is 2.36. The van der Waals surface area contributed by atoms with Crippen LogP contribution in [-0.4, -0.2) is 33.2 Å². The fraction of sp³-hybridized carbons (Fsp3) is 1.00. The third-order valence-corrected chi connectivity index (χ3v) is 3.28. The highest BCUT2D eigenvalue weighted by molar-refractivity contribution is 4.83. The molecular weight excluding hydrogens is 204 g/mol. The van der Waals surface area contributed by atoms with E-state index in [4.69, 9.17) is 14.2 Å². The highest BCUT2D eigenvalue weighted by atomic mass is 16.7. The van der Waals surface area contributed by atoms with Gasteiger partial charge < -0.3 is 14.2 Å². The first-order valence-corrected chi connectivity index (χ1v) is 6.56. The second kappa shape index (κ2) is 8.04. The first kappa shape index (κ1) is 13.9. The van der Waals surface area contributed by atoms with Crippen LogP contribution >= 0.6 is 0 Å². The summed E-state index contributed by atoms with van der Waals surface area (Å²) in [7, 11) is 0. The van der Waals surface area contributed by atoms with Gasteiger partial charge >= 0.3 is 0 Å². The summed E-state index contributed by atoms with van der Waals surface area (Å²) in [6.45, 7) is 8.15. The Morgan fingerprint density at radius 2 is 1.88 bits per heavy atom. The first-order valence-electron chi connectivity index (χ1n) is 6.56. The van der Waals surface area contributed by atoms with Crippen molar-refractivity contribution in [3.63, 3.8) is 0 Å². The van der Waals surface area contributed by atoms with Crippen LogP contribution in [0.3, 0.4) is 0 Å². The van der Waals surface area contributed by atoms with Gasteiger partial charge in [-0.2, -0.15) is 0 Å². The van der Waals surface area contributed by atoms with Crippen molar-refractivity contribution in [2.75, 3.05) is 33.2 Å². The third-order valence-electron chi connectivity index (χ3n) is 3.28. The maximum absolute atomic E-state index is 5.54.